The second-order valence-electron chi connectivity index (χ2n) is 7.96. The number of nitrogens with one attached hydrogen (secondary N) is 1. The van der Waals surface area contributed by atoms with Crippen LogP contribution in [-0.2, 0) is 16.1 Å². The molecule has 1 N–H and O–H groups in total. The van der Waals surface area contributed by atoms with Gasteiger partial charge in [0, 0.05) is 5.69 Å². The summed E-state index contributed by atoms with van der Waals surface area (Å²) < 4.78 is 6.22. The molecule has 5 nitrogen and oxygen atoms in total. The van der Waals surface area contributed by atoms with Crippen LogP contribution in [0.2, 0.25) is 0 Å². The Labute approximate surface area is 208 Å². The monoisotopic (exact) mass is 488 g/mol. The van der Waals surface area contributed by atoms with E-state index in [2.05, 4.69) is 5.32 Å². The Balaban J connectivity index is 1.38. The van der Waals surface area contributed by atoms with E-state index in [4.69, 9.17) is 17.0 Å². The maximum Gasteiger partial charge on any atom is 0.266 e. The molecule has 2 amide bonds. The van der Waals surface area contributed by atoms with Crippen LogP contribution in [0.4, 0.5) is 5.69 Å². The number of ether oxygens (including phenoxy) is 1. The first kappa shape index (κ1) is 23.7. The minimum absolute atomic E-state index is 0.113. The first-order chi connectivity index (χ1) is 16.4. The highest BCUT2D eigenvalue weighted by atomic mass is 32.2. The Morgan fingerprint density at radius 2 is 1.82 bits per heavy atom. The number of nitrogens with zero attached hydrogens (tertiary/aromatic N) is 1. The van der Waals surface area contributed by atoms with Gasteiger partial charge in [0.1, 0.15) is 10.1 Å². The molecule has 172 valence electrons. The quantitative estimate of drug-likeness (QED) is 0.340. The zero-order valence-corrected chi connectivity index (χ0v) is 20.5. The van der Waals surface area contributed by atoms with E-state index in [0.29, 0.717) is 21.5 Å². The molecule has 0 aliphatic carbocycles. The second-order valence-corrected chi connectivity index (χ2v) is 9.64. The van der Waals surface area contributed by atoms with Crippen LogP contribution in [-0.4, -0.2) is 27.6 Å². The molecule has 4 rings (SSSR count). The van der Waals surface area contributed by atoms with Gasteiger partial charge in [-0.2, -0.15) is 0 Å². The van der Waals surface area contributed by atoms with Crippen LogP contribution in [0.1, 0.15) is 22.3 Å². The van der Waals surface area contributed by atoms with Crippen LogP contribution in [0.5, 0.6) is 5.75 Å². The van der Waals surface area contributed by atoms with Crippen molar-refractivity contribution in [2.45, 2.75) is 20.4 Å². The SMILES string of the molecule is Cc1ccc(NC(=O)COc2cccc(/C=C3\SC(=S)N(Cc4ccccc4)C3=O)c2)cc1C. The van der Waals surface area contributed by atoms with Gasteiger partial charge in [-0.1, -0.05) is 72.5 Å². The molecule has 0 unspecified atom stereocenters. The van der Waals surface area contributed by atoms with Crippen LogP contribution in [0.15, 0.2) is 77.7 Å². The number of aryl methyl sites for hydroxylation is 2. The van der Waals surface area contributed by atoms with Crippen molar-refractivity contribution in [3.8, 4) is 5.75 Å². The van der Waals surface area contributed by atoms with E-state index in [1.54, 1.807) is 23.1 Å². The first-order valence-corrected chi connectivity index (χ1v) is 12.0. The molecule has 7 heteroatoms. The predicted octanol–water partition coefficient (Wildman–Crippen LogP) is 5.72. The van der Waals surface area contributed by atoms with Gasteiger partial charge in [0.2, 0.25) is 0 Å². The molecular weight excluding hydrogens is 464 g/mol. The van der Waals surface area contributed by atoms with E-state index in [1.807, 2.05) is 74.5 Å². The Bertz CT molecular complexity index is 1270. The van der Waals surface area contributed by atoms with Gasteiger partial charge in [-0.15, -0.1) is 0 Å². The van der Waals surface area contributed by atoms with Crippen molar-refractivity contribution >= 4 is 51.9 Å². The molecule has 1 aliphatic heterocycles. The number of anilines is 1. The smallest absolute Gasteiger partial charge is 0.266 e. The Morgan fingerprint density at radius 3 is 2.59 bits per heavy atom. The Hall–Kier alpha value is -3.42. The Kier molecular flexibility index (Phi) is 7.45. The van der Waals surface area contributed by atoms with Crippen molar-refractivity contribution in [1.29, 1.82) is 0 Å². The number of rotatable bonds is 7. The number of thiocarbonyl (C=S) groups is 1. The zero-order chi connectivity index (χ0) is 24.1. The van der Waals surface area contributed by atoms with Crippen LogP contribution in [0.25, 0.3) is 6.08 Å². The van der Waals surface area contributed by atoms with Crippen molar-refractivity contribution in [3.05, 3.63) is 100.0 Å². The van der Waals surface area contributed by atoms with Gasteiger partial charge in [0.05, 0.1) is 11.4 Å². The fraction of sp³-hybridized carbons (Fsp3) is 0.148. The molecule has 3 aromatic rings. The second kappa shape index (κ2) is 10.7. The molecule has 34 heavy (non-hydrogen) atoms. The summed E-state index contributed by atoms with van der Waals surface area (Å²) in [5, 5.41) is 2.85. The fourth-order valence-corrected chi connectivity index (χ4v) is 4.67. The summed E-state index contributed by atoms with van der Waals surface area (Å²) in [4.78, 5) is 27.4. The van der Waals surface area contributed by atoms with E-state index >= 15 is 0 Å². The summed E-state index contributed by atoms with van der Waals surface area (Å²) in [7, 11) is 0. The van der Waals surface area contributed by atoms with E-state index in [0.717, 1.165) is 22.4 Å². The van der Waals surface area contributed by atoms with Crippen molar-refractivity contribution in [3.63, 3.8) is 0 Å². The summed E-state index contributed by atoms with van der Waals surface area (Å²) >= 11 is 6.72. The van der Waals surface area contributed by atoms with Gasteiger partial charge in [-0.05, 0) is 66.4 Å². The number of hydrogen-bond acceptors (Lipinski definition) is 5. The van der Waals surface area contributed by atoms with Gasteiger partial charge in [0.15, 0.2) is 6.61 Å². The average Bonchev–Trinajstić information content (AvgIpc) is 3.08. The molecule has 0 radical (unpaired) electrons. The number of benzene rings is 3. The molecule has 0 bridgehead atoms. The lowest BCUT2D eigenvalue weighted by molar-refractivity contribution is -0.122. The fourth-order valence-electron chi connectivity index (χ4n) is 3.41. The highest BCUT2D eigenvalue weighted by Crippen LogP contribution is 2.34. The molecular formula is C27H24N2O3S2. The maximum absolute atomic E-state index is 12.9. The van der Waals surface area contributed by atoms with Crippen molar-refractivity contribution in [2.24, 2.45) is 0 Å². The third-order valence-electron chi connectivity index (χ3n) is 5.37. The third kappa shape index (κ3) is 5.92. The van der Waals surface area contributed by atoms with Crippen molar-refractivity contribution in [2.75, 3.05) is 11.9 Å². The lowest BCUT2D eigenvalue weighted by atomic mass is 10.1. The summed E-state index contributed by atoms with van der Waals surface area (Å²) in [5.41, 5.74) is 4.84. The van der Waals surface area contributed by atoms with Gasteiger partial charge in [-0.3, -0.25) is 14.5 Å². The van der Waals surface area contributed by atoms with Crippen molar-refractivity contribution < 1.29 is 14.3 Å². The standard InChI is InChI=1S/C27H24N2O3S2/c1-18-11-12-22(13-19(18)2)28-25(30)17-32-23-10-6-9-21(14-23)15-24-26(31)29(27(33)34-24)16-20-7-4-3-5-8-20/h3-15H,16-17H2,1-2H3,(H,28,30)/b24-15-. The van der Waals surface area contributed by atoms with E-state index in [1.165, 1.54) is 17.3 Å². The summed E-state index contributed by atoms with van der Waals surface area (Å²) in [6.07, 6.45) is 1.80. The third-order valence-corrected chi connectivity index (χ3v) is 6.75. The molecule has 1 aliphatic rings. The maximum atomic E-state index is 12.9. The topological polar surface area (TPSA) is 58.6 Å². The van der Waals surface area contributed by atoms with Crippen LogP contribution >= 0.6 is 24.0 Å². The Morgan fingerprint density at radius 1 is 1.03 bits per heavy atom. The number of hydrogen-bond donors (Lipinski definition) is 1. The number of amides is 2. The number of carbonyl (C=O) groups is 2. The largest absolute Gasteiger partial charge is 0.484 e. The lowest BCUT2D eigenvalue weighted by Gasteiger charge is -2.14. The van der Waals surface area contributed by atoms with Gasteiger partial charge < -0.3 is 10.1 Å². The summed E-state index contributed by atoms with van der Waals surface area (Å²) in [5.74, 6) is 0.192. The number of thioether (sulfide) groups is 1. The van der Waals surface area contributed by atoms with Crippen molar-refractivity contribution in [1.82, 2.24) is 4.90 Å². The summed E-state index contributed by atoms with van der Waals surface area (Å²) in [6, 6.07) is 22.8. The summed E-state index contributed by atoms with van der Waals surface area (Å²) in [6.45, 7) is 4.36. The molecule has 1 saturated heterocycles. The highest BCUT2D eigenvalue weighted by Gasteiger charge is 2.31. The minimum atomic E-state index is -0.240. The van der Waals surface area contributed by atoms with E-state index in [-0.39, 0.29) is 18.4 Å². The van der Waals surface area contributed by atoms with E-state index in [9.17, 15) is 9.59 Å². The van der Waals surface area contributed by atoms with Gasteiger partial charge >= 0.3 is 0 Å². The normalized spacial score (nSPS) is 14.5. The van der Waals surface area contributed by atoms with Crippen LogP contribution in [0.3, 0.4) is 0 Å². The molecule has 0 atom stereocenters. The lowest BCUT2D eigenvalue weighted by Crippen LogP contribution is -2.27. The van der Waals surface area contributed by atoms with Crippen LogP contribution < -0.4 is 10.1 Å². The molecule has 0 spiro atoms. The predicted molar refractivity (Wildman–Crippen MR) is 142 cm³/mol. The van der Waals surface area contributed by atoms with E-state index < -0.39 is 0 Å². The minimum Gasteiger partial charge on any atom is -0.484 e. The molecule has 0 saturated carbocycles. The zero-order valence-electron chi connectivity index (χ0n) is 18.9. The average molecular weight is 489 g/mol. The highest BCUT2D eigenvalue weighted by molar-refractivity contribution is 8.26. The van der Waals surface area contributed by atoms with Crippen LogP contribution in [0, 0.1) is 13.8 Å². The molecule has 0 aromatic heterocycles. The molecule has 1 heterocycles. The first-order valence-electron chi connectivity index (χ1n) is 10.8. The molecule has 1 fully saturated rings. The van der Waals surface area contributed by atoms with Gasteiger partial charge in [-0.25, -0.2) is 0 Å². The van der Waals surface area contributed by atoms with Gasteiger partial charge in [0.25, 0.3) is 11.8 Å². The molecule has 3 aromatic carbocycles. The number of carbonyl (C=O) groups excluding carboxylic acids is 2.